The van der Waals surface area contributed by atoms with Crippen LogP contribution in [0.5, 0.6) is 0 Å². The van der Waals surface area contributed by atoms with Crippen molar-refractivity contribution in [3.05, 3.63) is 38.3 Å². The third-order valence-corrected chi connectivity index (χ3v) is 4.84. The molecule has 0 heterocycles. The number of nitro groups is 1. The Morgan fingerprint density at radius 2 is 2.17 bits per heavy atom. The van der Waals surface area contributed by atoms with Crippen molar-refractivity contribution in [1.29, 1.82) is 0 Å². The number of benzene rings is 1. The zero-order valence-electron chi connectivity index (χ0n) is 10.7. The van der Waals surface area contributed by atoms with Crippen molar-refractivity contribution in [2.45, 2.75) is 25.1 Å². The van der Waals surface area contributed by atoms with E-state index < -0.39 is 0 Å². The van der Waals surface area contributed by atoms with Crippen molar-refractivity contribution in [1.82, 2.24) is 5.32 Å². The van der Waals surface area contributed by atoms with Crippen LogP contribution in [0, 0.1) is 10.1 Å². The van der Waals surface area contributed by atoms with Crippen molar-refractivity contribution in [3.8, 4) is 0 Å². The van der Waals surface area contributed by atoms with E-state index >= 15 is 0 Å². The van der Waals surface area contributed by atoms with Gasteiger partial charge in [-0.1, -0.05) is 12.1 Å². The van der Waals surface area contributed by atoms with E-state index in [0.29, 0.717) is 11.0 Å². The summed E-state index contributed by atoms with van der Waals surface area (Å²) in [7, 11) is 0. The molecule has 0 aliphatic heterocycles. The van der Waals surface area contributed by atoms with Crippen molar-refractivity contribution >= 4 is 33.4 Å². The zero-order valence-corrected chi connectivity index (χ0v) is 13.1. The van der Waals surface area contributed by atoms with Crippen LogP contribution in [0.3, 0.4) is 0 Å². The van der Waals surface area contributed by atoms with Crippen LogP contribution in [-0.2, 0) is 6.54 Å². The Morgan fingerprint density at radius 3 is 2.72 bits per heavy atom. The first-order valence-electron chi connectivity index (χ1n) is 5.55. The minimum Gasteiger partial charge on any atom is -0.311 e. The monoisotopic (exact) mass is 332 g/mol. The van der Waals surface area contributed by atoms with Crippen LogP contribution in [0.25, 0.3) is 0 Å². The Morgan fingerprint density at radius 1 is 1.50 bits per heavy atom. The second-order valence-corrected chi connectivity index (χ2v) is 6.88. The second kappa shape index (κ2) is 6.54. The number of hydrogen-bond donors (Lipinski definition) is 1. The van der Waals surface area contributed by atoms with Gasteiger partial charge >= 0.3 is 0 Å². The molecule has 0 amide bonds. The van der Waals surface area contributed by atoms with Crippen LogP contribution in [-0.4, -0.2) is 22.5 Å². The fourth-order valence-electron chi connectivity index (χ4n) is 1.41. The molecule has 0 bridgehead atoms. The average Bonchev–Trinajstić information content (AvgIpc) is 2.31. The van der Waals surface area contributed by atoms with E-state index in [2.05, 4.69) is 41.3 Å². The first-order valence-corrected chi connectivity index (χ1v) is 7.57. The summed E-state index contributed by atoms with van der Waals surface area (Å²) < 4.78 is 0.720. The van der Waals surface area contributed by atoms with E-state index in [0.717, 1.165) is 12.1 Å². The molecule has 0 saturated carbocycles. The van der Waals surface area contributed by atoms with Crippen LogP contribution in [0.1, 0.15) is 19.4 Å². The van der Waals surface area contributed by atoms with Gasteiger partial charge in [0.2, 0.25) is 0 Å². The standard InChI is InChI=1S/C12H17BrN2O2S/c1-12(2,18-3)8-14-7-9-5-4-6-10(11(9)13)15(16)17/h4-6,14H,7-8H2,1-3H3. The molecule has 0 radical (unpaired) electrons. The minimum atomic E-state index is -0.376. The van der Waals surface area contributed by atoms with Crippen molar-refractivity contribution in [3.63, 3.8) is 0 Å². The van der Waals surface area contributed by atoms with Gasteiger partial charge in [-0.2, -0.15) is 11.8 Å². The van der Waals surface area contributed by atoms with Crippen LogP contribution < -0.4 is 5.32 Å². The van der Waals surface area contributed by atoms with E-state index in [9.17, 15) is 10.1 Å². The Hall–Kier alpha value is -0.590. The summed E-state index contributed by atoms with van der Waals surface area (Å²) in [6, 6.07) is 5.09. The molecule has 1 aromatic carbocycles. The summed E-state index contributed by atoms with van der Waals surface area (Å²) in [4.78, 5) is 10.4. The maximum Gasteiger partial charge on any atom is 0.283 e. The van der Waals surface area contributed by atoms with E-state index in [4.69, 9.17) is 0 Å². The molecular formula is C12H17BrN2O2S. The highest BCUT2D eigenvalue weighted by molar-refractivity contribution is 9.10. The number of rotatable bonds is 6. The van der Waals surface area contributed by atoms with Crippen molar-refractivity contribution < 1.29 is 4.92 Å². The maximum absolute atomic E-state index is 10.8. The van der Waals surface area contributed by atoms with Crippen LogP contribution >= 0.6 is 27.7 Å². The van der Waals surface area contributed by atoms with Gasteiger partial charge in [0, 0.05) is 23.9 Å². The molecule has 18 heavy (non-hydrogen) atoms. The van der Waals surface area contributed by atoms with Crippen LogP contribution in [0.2, 0.25) is 0 Å². The predicted molar refractivity (Wildman–Crippen MR) is 80.1 cm³/mol. The molecule has 1 rings (SSSR count). The maximum atomic E-state index is 10.8. The Bertz CT molecular complexity index is 438. The molecular weight excluding hydrogens is 316 g/mol. The lowest BCUT2D eigenvalue weighted by Crippen LogP contribution is -2.31. The van der Waals surface area contributed by atoms with Crippen molar-refractivity contribution in [2.75, 3.05) is 12.8 Å². The lowest BCUT2D eigenvalue weighted by Gasteiger charge is -2.22. The van der Waals surface area contributed by atoms with Gasteiger partial charge in [0.05, 0.1) is 9.40 Å². The lowest BCUT2D eigenvalue weighted by atomic mass is 10.1. The fourth-order valence-corrected chi connectivity index (χ4v) is 2.21. The van der Waals surface area contributed by atoms with Gasteiger partial charge in [-0.25, -0.2) is 0 Å². The molecule has 100 valence electrons. The average molecular weight is 333 g/mol. The molecule has 0 atom stereocenters. The van der Waals surface area contributed by atoms with Gasteiger partial charge in [0.25, 0.3) is 5.69 Å². The van der Waals surface area contributed by atoms with Gasteiger partial charge in [-0.3, -0.25) is 10.1 Å². The lowest BCUT2D eigenvalue weighted by molar-refractivity contribution is -0.385. The molecule has 0 spiro atoms. The van der Waals surface area contributed by atoms with E-state index in [1.165, 1.54) is 6.07 Å². The summed E-state index contributed by atoms with van der Waals surface area (Å²) in [5.74, 6) is 0. The summed E-state index contributed by atoms with van der Waals surface area (Å²) >= 11 is 5.08. The number of halogens is 1. The van der Waals surface area contributed by atoms with Gasteiger partial charge < -0.3 is 5.32 Å². The Balaban J connectivity index is 2.69. The molecule has 6 heteroatoms. The van der Waals surface area contributed by atoms with E-state index in [-0.39, 0.29) is 15.4 Å². The fraction of sp³-hybridized carbons (Fsp3) is 0.500. The van der Waals surface area contributed by atoms with E-state index in [1.54, 1.807) is 17.8 Å². The third kappa shape index (κ3) is 4.26. The predicted octanol–water partition coefficient (Wildman–Crippen LogP) is 3.59. The molecule has 0 fully saturated rings. The smallest absolute Gasteiger partial charge is 0.283 e. The Labute approximate surface area is 120 Å². The quantitative estimate of drug-likeness (QED) is 0.638. The van der Waals surface area contributed by atoms with Gasteiger partial charge in [0.1, 0.15) is 0 Å². The van der Waals surface area contributed by atoms with E-state index in [1.807, 2.05) is 6.07 Å². The molecule has 0 aliphatic rings. The highest BCUT2D eigenvalue weighted by atomic mass is 79.9. The zero-order chi connectivity index (χ0) is 13.8. The summed E-state index contributed by atoms with van der Waals surface area (Å²) in [6.45, 7) is 5.79. The first kappa shape index (κ1) is 15.5. The first-order chi connectivity index (χ1) is 8.37. The number of nitrogens with zero attached hydrogens (tertiary/aromatic N) is 1. The molecule has 0 saturated heterocycles. The topological polar surface area (TPSA) is 55.2 Å². The Kier molecular flexibility index (Phi) is 5.62. The highest BCUT2D eigenvalue weighted by Gasteiger charge is 2.17. The molecule has 4 nitrogen and oxygen atoms in total. The summed E-state index contributed by atoms with van der Waals surface area (Å²) in [5.41, 5.74) is 1.01. The minimum absolute atomic E-state index is 0.110. The summed E-state index contributed by atoms with van der Waals surface area (Å²) in [6.07, 6.45) is 2.07. The number of thioether (sulfide) groups is 1. The molecule has 0 aromatic heterocycles. The second-order valence-electron chi connectivity index (χ2n) is 4.57. The number of nitro benzene ring substituents is 1. The van der Waals surface area contributed by atoms with Crippen molar-refractivity contribution in [2.24, 2.45) is 0 Å². The number of nitrogens with one attached hydrogen (secondary N) is 1. The molecule has 0 aliphatic carbocycles. The number of hydrogen-bond acceptors (Lipinski definition) is 4. The summed E-state index contributed by atoms with van der Waals surface area (Å²) in [5, 5.41) is 14.1. The van der Waals surface area contributed by atoms with Crippen LogP contribution in [0.4, 0.5) is 5.69 Å². The SMILES string of the molecule is CSC(C)(C)CNCc1cccc([N+](=O)[O-])c1Br. The van der Waals surface area contributed by atoms with Gasteiger partial charge in [-0.15, -0.1) is 0 Å². The molecule has 0 unspecified atom stereocenters. The van der Waals surface area contributed by atoms with Gasteiger partial charge in [0.15, 0.2) is 0 Å². The highest BCUT2D eigenvalue weighted by Crippen LogP contribution is 2.28. The van der Waals surface area contributed by atoms with Gasteiger partial charge in [-0.05, 0) is 41.6 Å². The third-order valence-electron chi connectivity index (χ3n) is 2.67. The van der Waals surface area contributed by atoms with Crippen LogP contribution in [0.15, 0.2) is 22.7 Å². The molecule has 1 aromatic rings. The molecule has 1 N–H and O–H groups in total. The normalized spacial score (nSPS) is 11.6. The largest absolute Gasteiger partial charge is 0.311 e.